The van der Waals surface area contributed by atoms with Gasteiger partial charge in [0.05, 0.1) is 0 Å². The van der Waals surface area contributed by atoms with E-state index in [9.17, 15) is 9.59 Å². The van der Waals surface area contributed by atoms with Crippen LogP contribution in [0.15, 0.2) is 11.6 Å². The van der Waals surface area contributed by atoms with Crippen molar-refractivity contribution in [3.63, 3.8) is 0 Å². The molecule has 0 aromatic heterocycles. The fourth-order valence-corrected chi connectivity index (χ4v) is 7.53. The Labute approximate surface area is 181 Å². The SMILES string of the molecule is C#CC1(OC(=O)OC(C)(C)C)CCC2C3CCC4=CC(=O)CCC4C3CCC21CC. The molecule has 0 saturated heterocycles. The number of fused-ring (bicyclic) bond motifs is 5. The van der Waals surface area contributed by atoms with E-state index in [4.69, 9.17) is 15.9 Å². The average molecular weight is 413 g/mol. The van der Waals surface area contributed by atoms with Crippen LogP contribution in [-0.4, -0.2) is 23.1 Å². The molecule has 4 rings (SSSR count). The van der Waals surface area contributed by atoms with E-state index < -0.39 is 17.4 Å². The minimum Gasteiger partial charge on any atom is -0.429 e. The van der Waals surface area contributed by atoms with E-state index in [1.165, 1.54) is 5.57 Å². The van der Waals surface area contributed by atoms with Crippen molar-refractivity contribution in [2.75, 3.05) is 0 Å². The van der Waals surface area contributed by atoms with Crippen molar-refractivity contribution in [2.24, 2.45) is 29.1 Å². The van der Waals surface area contributed by atoms with E-state index >= 15 is 0 Å². The van der Waals surface area contributed by atoms with Crippen LogP contribution in [0.1, 0.15) is 85.5 Å². The molecular weight excluding hydrogens is 376 g/mol. The van der Waals surface area contributed by atoms with Gasteiger partial charge >= 0.3 is 6.16 Å². The molecule has 6 unspecified atom stereocenters. The third-order valence-corrected chi connectivity index (χ3v) is 8.63. The van der Waals surface area contributed by atoms with Crippen LogP contribution in [0.2, 0.25) is 0 Å². The Morgan fingerprint density at radius 3 is 2.60 bits per heavy atom. The molecule has 0 aromatic rings. The average Bonchev–Trinajstić information content (AvgIpc) is 3.01. The Morgan fingerprint density at radius 2 is 1.93 bits per heavy atom. The van der Waals surface area contributed by atoms with Gasteiger partial charge in [0.2, 0.25) is 0 Å². The molecule has 4 aliphatic carbocycles. The quantitative estimate of drug-likeness (QED) is 0.422. The maximum Gasteiger partial charge on any atom is 0.510 e. The minimum atomic E-state index is -0.877. The van der Waals surface area contributed by atoms with E-state index in [-0.39, 0.29) is 5.41 Å². The Morgan fingerprint density at radius 1 is 1.17 bits per heavy atom. The summed E-state index contributed by atoms with van der Waals surface area (Å²) in [5.74, 6) is 5.54. The van der Waals surface area contributed by atoms with Crippen molar-refractivity contribution in [3.8, 4) is 12.3 Å². The molecule has 4 heteroatoms. The van der Waals surface area contributed by atoms with Crippen molar-refractivity contribution in [2.45, 2.75) is 96.7 Å². The summed E-state index contributed by atoms with van der Waals surface area (Å²) in [6, 6.07) is 0. The first kappa shape index (κ1) is 21.5. The molecule has 0 heterocycles. The first-order valence-corrected chi connectivity index (χ1v) is 11.8. The maximum atomic E-state index is 12.6. The van der Waals surface area contributed by atoms with Crippen LogP contribution in [0.25, 0.3) is 0 Å². The number of terminal acetylenes is 1. The number of hydrogen-bond acceptors (Lipinski definition) is 4. The second kappa shape index (κ2) is 7.43. The first-order valence-electron chi connectivity index (χ1n) is 11.8. The van der Waals surface area contributed by atoms with Crippen molar-refractivity contribution in [3.05, 3.63) is 11.6 Å². The lowest BCUT2D eigenvalue weighted by atomic mass is 9.49. The van der Waals surface area contributed by atoms with Crippen molar-refractivity contribution in [1.29, 1.82) is 0 Å². The van der Waals surface area contributed by atoms with Gasteiger partial charge in [-0.15, -0.1) is 6.42 Å². The summed E-state index contributed by atoms with van der Waals surface area (Å²) in [7, 11) is 0. The molecule has 0 aliphatic heterocycles. The molecule has 0 N–H and O–H groups in total. The van der Waals surface area contributed by atoms with Crippen LogP contribution >= 0.6 is 0 Å². The molecule has 0 spiro atoms. The molecule has 164 valence electrons. The predicted molar refractivity (Wildman–Crippen MR) is 116 cm³/mol. The highest BCUT2D eigenvalue weighted by atomic mass is 16.7. The van der Waals surface area contributed by atoms with E-state index in [2.05, 4.69) is 12.8 Å². The first-order chi connectivity index (χ1) is 14.1. The highest BCUT2D eigenvalue weighted by molar-refractivity contribution is 5.91. The van der Waals surface area contributed by atoms with Gasteiger partial charge in [0, 0.05) is 11.8 Å². The van der Waals surface area contributed by atoms with Gasteiger partial charge in [0.15, 0.2) is 11.4 Å². The lowest BCUT2D eigenvalue weighted by Crippen LogP contribution is -2.55. The number of ether oxygens (including phenoxy) is 2. The van der Waals surface area contributed by atoms with Crippen LogP contribution in [0.5, 0.6) is 0 Å². The van der Waals surface area contributed by atoms with Crippen LogP contribution in [0.3, 0.4) is 0 Å². The van der Waals surface area contributed by atoms with Crippen LogP contribution < -0.4 is 0 Å². The lowest BCUT2D eigenvalue weighted by Gasteiger charge is -2.56. The zero-order valence-corrected chi connectivity index (χ0v) is 19.0. The number of allylic oxidation sites excluding steroid dienone is 1. The summed E-state index contributed by atoms with van der Waals surface area (Å²) in [4.78, 5) is 24.6. The normalized spacial score (nSPS) is 40.4. The number of hydrogen-bond donors (Lipinski definition) is 0. The highest BCUT2D eigenvalue weighted by Gasteiger charge is 2.66. The molecule has 3 saturated carbocycles. The summed E-state index contributed by atoms with van der Waals surface area (Å²) >= 11 is 0. The minimum absolute atomic E-state index is 0.175. The smallest absolute Gasteiger partial charge is 0.429 e. The second-order valence-electron chi connectivity index (χ2n) is 10.9. The molecule has 30 heavy (non-hydrogen) atoms. The summed E-state index contributed by atoms with van der Waals surface area (Å²) in [6.07, 6.45) is 16.0. The second-order valence-corrected chi connectivity index (χ2v) is 10.9. The monoisotopic (exact) mass is 412 g/mol. The van der Waals surface area contributed by atoms with E-state index in [0.717, 1.165) is 51.4 Å². The standard InChI is InChI=1S/C26H36O4/c1-6-25-14-12-20-19-11-9-18(27)16-17(19)8-10-21(20)22(25)13-15-26(25,7-2)30-23(28)29-24(3,4)5/h2,16,19-22H,6,8-15H2,1,3-5H3. The Bertz CT molecular complexity index is 797. The molecule has 3 fully saturated rings. The van der Waals surface area contributed by atoms with Crippen LogP contribution in [0.4, 0.5) is 4.79 Å². The zero-order valence-electron chi connectivity index (χ0n) is 19.0. The van der Waals surface area contributed by atoms with Gasteiger partial charge in [-0.2, -0.15) is 0 Å². The fraction of sp³-hybridized carbons (Fsp3) is 0.769. The molecule has 0 aromatic carbocycles. The summed E-state index contributed by atoms with van der Waals surface area (Å²) in [5.41, 5.74) is -0.265. The van der Waals surface area contributed by atoms with Crippen molar-refractivity contribution >= 4 is 11.9 Å². The van der Waals surface area contributed by atoms with Gasteiger partial charge in [-0.05, 0) is 102 Å². The van der Waals surface area contributed by atoms with Crippen LogP contribution in [0, 0.1) is 41.4 Å². The summed E-state index contributed by atoms with van der Waals surface area (Å²) < 4.78 is 11.5. The topological polar surface area (TPSA) is 52.6 Å². The van der Waals surface area contributed by atoms with Crippen LogP contribution in [-0.2, 0) is 14.3 Å². The number of rotatable bonds is 2. The van der Waals surface area contributed by atoms with Gasteiger partial charge in [0.1, 0.15) is 5.60 Å². The molecule has 6 atom stereocenters. The third kappa shape index (κ3) is 3.29. The Kier molecular flexibility index (Phi) is 5.32. The fourth-order valence-electron chi connectivity index (χ4n) is 7.53. The van der Waals surface area contributed by atoms with Gasteiger partial charge in [0.25, 0.3) is 0 Å². The maximum absolute atomic E-state index is 12.6. The number of carbonyl (C=O) groups is 2. The van der Waals surface area contributed by atoms with E-state index in [0.29, 0.717) is 35.9 Å². The third-order valence-electron chi connectivity index (χ3n) is 8.63. The number of carbonyl (C=O) groups excluding carboxylic acids is 2. The van der Waals surface area contributed by atoms with Crippen molar-refractivity contribution < 1.29 is 19.1 Å². The largest absolute Gasteiger partial charge is 0.510 e. The number of ketones is 1. The predicted octanol–water partition coefficient (Wildman–Crippen LogP) is 5.84. The lowest BCUT2D eigenvalue weighted by molar-refractivity contribution is -0.127. The Balaban J connectivity index is 1.61. The molecule has 0 amide bonds. The molecule has 0 bridgehead atoms. The van der Waals surface area contributed by atoms with Gasteiger partial charge in [-0.3, -0.25) is 4.79 Å². The van der Waals surface area contributed by atoms with Gasteiger partial charge in [-0.1, -0.05) is 18.4 Å². The highest BCUT2D eigenvalue weighted by Crippen LogP contribution is 2.67. The van der Waals surface area contributed by atoms with Gasteiger partial charge in [-0.25, -0.2) is 4.79 Å². The van der Waals surface area contributed by atoms with Crippen molar-refractivity contribution in [1.82, 2.24) is 0 Å². The molecule has 4 aliphatic rings. The van der Waals surface area contributed by atoms with E-state index in [1.807, 2.05) is 26.8 Å². The molecule has 0 radical (unpaired) electrons. The summed E-state index contributed by atoms with van der Waals surface area (Å²) in [6.45, 7) is 7.74. The molecular formula is C26H36O4. The zero-order chi connectivity index (χ0) is 21.7. The molecule has 4 nitrogen and oxygen atoms in total. The van der Waals surface area contributed by atoms with E-state index in [1.54, 1.807) is 0 Å². The summed E-state index contributed by atoms with van der Waals surface area (Å²) in [5, 5.41) is 0. The Hall–Kier alpha value is -1.76. The van der Waals surface area contributed by atoms with Gasteiger partial charge < -0.3 is 9.47 Å².